The van der Waals surface area contributed by atoms with Crippen LogP contribution < -0.4 is 5.73 Å². The van der Waals surface area contributed by atoms with Crippen molar-refractivity contribution in [2.45, 2.75) is 25.2 Å². The van der Waals surface area contributed by atoms with E-state index in [-0.39, 0.29) is 12.5 Å². The second kappa shape index (κ2) is 6.86. The highest BCUT2D eigenvalue weighted by atomic mass is 16.5. The van der Waals surface area contributed by atoms with E-state index in [1.54, 1.807) is 0 Å². The maximum Gasteiger partial charge on any atom is 0.317 e. The van der Waals surface area contributed by atoms with Crippen LogP contribution in [0.1, 0.15) is 25.3 Å². The Morgan fingerprint density at radius 3 is 2.75 bits per heavy atom. The largest absolute Gasteiger partial charge is 0.465 e. The second-order valence-corrected chi connectivity index (χ2v) is 5.31. The van der Waals surface area contributed by atoms with Crippen LogP contribution in [0.25, 0.3) is 0 Å². The van der Waals surface area contributed by atoms with E-state index in [2.05, 4.69) is 0 Å². The normalized spacial score (nSPS) is 21.4. The van der Waals surface area contributed by atoms with E-state index < -0.39 is 5.41 Å². The molecule has 2 rings (SSSR count). The van der Waals surface area contributed by atoms with Crippen molar-refractivity contribution in [1.82, 2.24) is 0 Å². The molecule has 0 aliphatic carbocycles. The Morgan fingerprint density at radius 1 is 1.45 bits per heavy atom. The molecule has 1 fully saturated rings. The highest BCUT2D eigenvalue weighted by Gasteiger charge is 2.42. The molecule has 0 aromatic heterocycles. The van der Waals surface area contributed by atoms with Gasteiger partial charge in [0.1, 0.15) is 5.41 Å². The van der Waals surface area contributed by atoms with Crippen LogP contribution >= 0.6 is 0 Å². The van der Waals surface area contributed by atoms with Gasteiger partial charge in [0.15, 0.2) is 0 Å². The molecule has 4 nitrogen and oxygen atoms in total. The first-order valence-electron chi connectivity index (χ1n) is 7.23. The van der Waals surface area contributed by atoms with Gasteiger partial charge in [-0.25, -0.2) is 0 Å². The fourth-order valence-corrected chi connectivity index (χ4v) is 2.87. The molecule has 2 N–H and O–H groups in total. The third-order valence-corrected chi connectivity index (χ3v) is 4.00. The van der Waals surface area contributed by atoms with Crippen molar-refractivity contribution in [3.63, 3.8) is 0 Å². The van der Waals surface area contributed by atoms with Crippen molar-refractivity contribution in [2.75, 3.05) is 26.4 Å². The van der Waals surface area contributed by atoms with Gasteiger partial charge >= 0.3 is 5.97 Å². The summed E-state index contributed by atoms with van der Waals surface area (Å²) in [6, 6.07) is 9.72. The predicted molar refractivity (Wildman–Crippen MR) is 77.4 cm³/mol. The Labute approximate surface area is 120 Å². The molecule has 0 spiro atoms. The van der Waals surface area contributed by atoms with Crippen molar-refractivity contribution < 1.29 is 14.3 Å². The lowest BCUT2D eigenvalue weighted by molar-refractivity contribution is -0.150. The van der Waals surface area contributed by atoms with Gasteiger partial charge in [0.05, 0.1) is 6.61 Å². The van der Waals surface area contributed by atoms with Gasteiger partial charge in [0, 0.05) is 19.8 Å². The summed E-state index contributed by atoms with van der Waals surface area (Å²) in [5.74, 6) is 0.142. The van der Waals surface area contributed by atoms with E-state index in [1.807, 2.05) is 37.3 Å². The number of carbonyl (C=O) groups is 1. The first-order chi connectivity index (χ1) is 9.73. The smallest absolute Gasteiger partial charge is 0.317 e. The summed E-state index contributed by atoms with van der Waals surface area (Å²) in [7, 11) is 0. The molecule has 0 saturated carbocycles. The third kappa shape index (κ3) is 3.02. The highest BCUT2D eigenvalue weighted by Crippen LogP contribution is 2.35. The van der Waals surface area contributed by atoms with Crippen molar-refractivity contribution in [3.8, 4) is 0 Å². The van der Waals surface area contributed by atoms with E-state index >= 15 is 0 Å². The molecule has 0 radical (unpaired) electrons. The van der Waals surface area contributed by atoms with E-state index in [1.165, 1.54) is 0 Å². The van der Waals surface area contributed by atoms with Gasteiger partial charge in [-0.1, -0.05) is 30.3 Å². The number of esters is 1. The number of hydrogen-bond donors (Lipinski definition) is 1. The average Bonchev–Trinajstić information content (AvgIpc) is 2.99. The Bertz CT molecular complexity index is 429. The van der Waals surface area contributed by atoms with Crippen LogP contribution in [0.3, 0.4) is 0 Å². The predicted octanol–water partition coefficient (Wildman–Crippen LogP) is 1.87. The number of rotatable bonds is 6. The van der Waals surface area contributed by atoms with Crippen LogP contribution in [0.2, 0.25) is 0 Å². The molecule has 1 saturated heterocycles. The van der Waals surface area contributed by atoms with Crippen molar-refractivity contribution in [3.05, 3.63) is 35.9 Å². The number of carbonyl (C=O) groups excluding carboxylic acids is 1. The summed E-state index contributed by atoms with van der Waals surface area (Å²) in [6.45, 7) is 3.92. The SMILES string of the molecule is CCOC(=O)C(CN)(CC1CCOC1)c1ccccc1. The molecule has 20 heavy (non-hydrogen) atoms. The molecular formula is C16H23NO3. The van der Waals surface area contributed by atoms with Crippen LogP contribution in [0.4, 0.5) is 0 Å². The molecule has 2 atom stereocenters. The number of hydrogen-bond acceptors (Lipinski definition) is 4. The minimum absolute atomic E-state index is 0.222. The Morgan fingerprint density at radius 2 is 2.20 bits per heavy atom. The van der Waals surface area contributed by atoms with E-state index in [9.17, 15) is 4.79 Å². The van der Waals surface area contributed by atoms with Crippen LogP contribution in [0.15, 0.2) is 30.3 Å². The minimum atomic E-state index is -0.754. The molecule has 0 bridgehead atoms. The Kier molecular flexibility index (Phi) is 5.15. The van der Waals surface area contributed by atoms with Gasteiger partial charge < -0.3 is 15.2 Å². The molecule has 0 amide bonds. The summed E-state index contributed by atoms with van der Waals surface area (Å²) < 4.78 is 10.7. The molecule has 1 heterocycles. The highest BCUT2D eigenvalue weighted by molar-refractivity contribution is 5.83. The molecule has 2 unspecified atom stereocenters. The molecule has 4 heteroatoms. The van der Waals surface area contributed by atoms with Crippen LogP contribution in [-0.4, -0.2) is 32.3 Å². The quantitative estimate of drug-likeness (QED) is 0.806. The zero-order chi connectivity index (χ0) is 14.4. The maximum atomic E-state index is 12.5. The molecule has 1 aliphatic heterocycles. The summed E-state index contributed by atoms with van der Waals surface area (Å²) >= 11 is 0. The van der Waals surface area contributed by atoms with Crippen LogP contribution in [-0.2, 0) is 19.7 Å². The van der Waals surface area contributed by atoms with Gasteiger partial charge in [0.2, 0.25) is 0 Å². The van der Waals surface area contributed by atoms with Crippen LogP contribution in [0.5, 0.6) is 0 Å². The summed E-state index contributed by atoms with van der Waals surface area (Å²) in [5, 5.41) is 0. The lowest BCUT2D eigenvalue weighted by Crippen LogP contribution is -2.45. The van der Waals surface area contributed by atoms with E-state index in [0.29, 0.717) is 25.6 Å². The van der Waals surface area contributed by atoms with E-state index in [0.717, 1.165) is 18.6 Å². The maximum absolute atomic E-state index is 12.5. The zero-order valence-corrected chi connectivity index (χ0v) is 12.0. The average molecular weight is 277 g/mol. The van der Waals surface area contributed by atoms with Crippen molar-refractivity contribution >= 4 is 5.97 Å². The lowest BCUT2D eigenvalue weighted by atomic mass is 9.73. The molecule has 1 aromatic carbocycles. The van der Waals surface area contributed by atoms with Crippen molar-refractivity contribution in [2.24, 2.45) is 11.7 Å². The monoisotopic (exact) mass is 277 g/mol. The zero-order valence-electron chi connectivity index (χ0n) is 12.0. The fraction of sp³-hybridized carbons (Fsp3) is 0.562. The Hall–Kier alpha value is -1.39. The number of nitrogens with two attached hydrogens (primary N) is 1. The topological polar surface area (TPSA) is 61.5 Å². The van der Waals surface area contributed by atoms with Gasteiger partial charge in [-0.3, -0.25) is 4.79 Å². The minimum Gasteiger partial charge on any atom is -0.465 e. The van der Waals surface area contributed by atoms with Crippen LogP contribution in [0, 0.1) is 5.92 Å². The summed E-state index contributed by atoms with van der Waals surface area (Å²) in [5.41, 5.74) is 6.19. The van der Waals surface area contributed by atoms with Gasteiger partial charge in [-0.05, 0) is 31.2 Å². The second-order valence-electron chi connectivity index (χ2n) is 5.31. The lowest BCUT2D eigenvalue weighted by Gasteiger charge is -2.32. The Balaban J connectivity index is 2.31. The number of ether oxygens (including phenoxy) is 2. The van der Waals surface area contributed by atoms with Crippen molar-refractivity contribution in [1.29, 1.82) is 0 Å². The number of benzene rings is 1. The standard InChI is InChI=1S/C16H23NO3/c1-2-20-15(18)16(12-17,10-13-8-9-19-11-13)14-6-4-3-5-7-14/h3-7,13H,2,8-12,17H2,1H3. The molecule has 1 aliphatic rings. The third-order valence-electron chi connectivity index (χ3n) is 4.00. The summed E-state index contributed by atoms with van der Waals surface area (Å²) in [6.07, 6.45) is 1.67. The van der Waals surface area contributed by atoms with E-state index in [4.69, 9.17) is 15.2 Å². The summed E-state index contributed by atoms with van der Waals surface area (Å²) in [4.78, 5) is 12.5. The first-order valence-corrected chi connectivity index (χ1v) is 7.23. The fourth-order valence-electron chi connectivity index (χ4n) is 2.87. The van der Waals surface area contributed by atoms with Gasteiger partial charge in [-0.15, -0.1) is 0 Å². The first kappa shape index (κ1) is 15.0. The molecular weight excluding hydrogens is 254 g/mol. The van der Waals surface area contributed by atoms with Gasteiger partial charge in [0.25, 0.3) is 0 Å². The molecule has 110 valence electrons. The molecule has 1 aromatic rings. The van der Waals surface area contributed by atoms with Gasteiger partial charge in [-0.2, -0.15) is 0 Å².